The zero-order valence-corrected chi connectivity index (χ0v) is 33.9. The third kappa shape index (κ3) is 6.07. The summed E-state index contributed by atoms with van der Waals surface area (Å²) >= 11 is 1.88. The van der Waals surface area contributed by atoms with Crippen molar-refractivity contribution in [2.24, 2.45) is 0 Å². The highest BCUT2D eigenvalue weighted by atomic mass is 32.1. The molecule has 0 atom stereocenters. The van der Waals surface area contributed by atoms with Crippen molar-refractivity contribution in [3.63, 3.8) is 0 Å². The van der Waals surface area contributed by atoms with Gasteiger partial charge in [0, 0.05) is 42.6 Å². The summed E-state index contributed by atoms with van der Waals surface area (Å²) in [6, 6.07) is 78.0. The molecule has 0 unspecified atom stereocenters. The molecule has 0 bridgehead atoms. The van der Waals surface area contributed by atoms with Gasteiger partial charge in [-0.25, -0.2) is 0 Å². The minimum absolute atomic E-state index is 0.0744. The fraction of sp³-hybridized carbons (Fsp3) is 0.0526. The smallest absolute Gasteiger partial charge is 0.0462 e. The molecule has 0 aliphatic heterocycles. The molecule has 0 N–H and O–H groups in total. The summed E-state index contributed by atoms with van der Waals surface area (Å²) < 4.78 is 2.63. The van der Waals surface area contributed by atoms with Crippen molar-refractivity contribution in [1.82, 2.24) is 0 Å². The summed E-state index contributed by atoms with van der Waals surface area (Å²) in [7, 11) is 0. The predicted octanol–water partition coefficient (Wildman–Crippen LogP) is 16.5. The van der Waals surface area contributed by atoms with Gasteiger partial charge in [-0.05, 0) is 127 Å². The Hall–Kier alpha value is -7.00. The maximum absolute atomic E-state index is 2.46. The summed E-state index contributed by atoms with van der Waals surface area (Å²) in [4.78, 5) is 2.35. The first-order chi connectivity index (χ1) is 29.0. The Bertz CT molecular complexity index is 3140. The number of benzene rings is 9. The second kappa shape index (κ2) is 14.1. The number of hydrogen-bond acceptors (Lipinski definition) is 2. The first kappa shape index (κ1) is 35.2. The highest BCUT2D eigenvalue weighted by molar-refractivity contribution is 7.25. The lowest BCUT2D eigenvalue weighted by molar-refractivity contribution is 0.660. The van der Waals surface area contributed by atoms with Crippen LogP contribution in [0.25, 0.3) is 75.8 Å². The molecular weight excluding hydrogens is 731 g/mol. The molecule has 0 saturated heterocycles. The van der Waals surface area contributed by atoms with Crippen LogP contribution in [0.5, 0.6) is 0 Å². The molecular formula is C57H41NS. The van der Waals surface area contributed by atoms with Gasteiger partial charge in [-0.1, -0.05) is 166 Å². The van der Waals surface area contributed by atoms with Crippen molar-refractivity contribution >= 4 is 48.6 Å². The number of rotatable bonds is 7. The van der Waals surface area contributed by atoms with Crippen LogP contribution in [0.4, 0.5) is 17.1 Å². The SMILES string of the molecule is CC1(C)c2ccccc2-c2ccc(-c3cc4c(cc3-c3ccc(N(c5ccccc5)c5ccc(-c6ccc(-c7ccccc7)cc6)cc5)cc3)sc3ccccc34)cc21. The second-order valence-electron chi connectivity index (χ2n) is 16.1. The Morgan fingerprint density at radius 3 is 1.51 bits per heavy atom. The van der Waals surface area contributed by atoms with Crippen molar-refractivity contribution < 1.29 is 0 Å². The van der Waals surface area contributed by atoms with Gasteiger partial charge < -0.3 is 4.90 Å². The van der Waals surface area contributed by atoms with Gasteiger partial charge in [-0.2, -0.15) is 0 Å². The Labute approximate surface area is 350 Å². The van der Waals surface area contributed by atoms with Crippen LogP contribution < -0.4 is 4.90 Å². The Balaban J connectivity index is 0.984. The lowest BCUT2D eigenvalue weighted by Gasteiger charge is -2.26. The van der Waals surface area contributed by atoms with Crippen LogP contribution >= 0.6 is 11.3 Å². The van der Waals surface area contributed by atoms with E-state index in [2.05, 4.69) is 231 Å². The summed E-state index contributed by atoms with van der Waals surface area (Å²) in [6.45, 7) is 4.73. The van der Waals surface area contributed by atoms with Crippen molar-refractivity contribution in [2.45, 2.75) is 19.3 Å². The summed E-state index contributed by atoms with van der Waals surface area (Å²) in [5, 5.41) is 2.63. The van der Waals surface area contributed by atoms with E-state index in [1.807, 2.05) is 11.3 Å². The summed E-state index contributed by atoms with van der Waals surface area (Å²) in [6.07, 6.45) is 0. The van der Waals surface area contributed by atoms with Gasteiger partial charge in [0.1, 0.15) is 0 Å². The number of hydrogen-bond donors (Lipinski definition) is 0. The molecule has 1 aromatic heterocycles. The molecule has 0 spiro atoms. The third-order valence-electron chi connectivity index (χ3n) is 12.3. The largest absolute Gasteiger partial charge is 0.311 e. The molecule has 2 heteroatoms. The van der Waals surface area contributed by atoms with E-state index in [4.69, 9.17) is 0 Å². The van der Waals surface area contributed by atoms with Crippen LogP contribution in [0.3, 0.4) is 0 Å². The van der Waals surface area contributed by atoms with Crippen molar-refractivity contribution in [1.29, 1.82) is 0 Å². The van der Waals surface area contributed by atoms with Crippen molar-refractivity contribution in [2.75, 3.05) is 4.90 Å². The van der Waals surface area contributed by atoms with E-state index in [-0.39, 0.29) is 5.41 Å². The molecule has 9 aromatic carbocycles. The lowest BCUT2D eigenvalue weighted by Crippen LogP contribution is -2.14. The number of para-hydroxylation sites is 1. The zero-order valence-electron chi connectivity index (χ0n) is 33.1. The normalized spacial score (nSPS) is 12.7. The van der Waals surface area contributed by atoms with Gasteiger partial charge in [-0.15, -0.1) is 11.3 Å². The topological polar surface area (TPSA) is 3.24 Å². The molecule has 280 valence electrons. The zero-order chi connectivity index (χ0) is 39.5. The van der Waals surface area contributed by atoms with Crippen LogP contribution in [0.2, 0.25) is 0 Å². The van der Waals surface area contributed by atoms with Gasteiger partial charge in [0.2, 0.25) is 0 Å². The number of nitrogens with zero attached hydrogens (tertiary/aromatic N) is 1. The maximum Gasteiger partial charge on any atom is 0.0462 e. The van der Waals surface area contributed by atoms with Crippen molar-refractivity contribution in [3.05, 3.63) is 223 Å². The Morgan fingerprint density at radius 1 is 0.322 bits per heavy atom. The highest BCUT2D eigenvalue weighted by Crippen LogP contribution is 2.51. The molecule has 1 aliphatic carbocycles. The fourth-order valence-corrected chi connectivity index (χ4v) is 10.4. The minimum Gasteiger partial charge on any atom is -0.311 e. The third-order valence-corrected chi connectivity index (χ3v) is 13.4. The van der Waals surface area contributed by atoms with Crippen LogP contribution in [0.1, 0.15) is 25.0 Å². The summed E-state index contributed by atoms with van der Waals surface area (Å²) in [5.41, 5.74) is 18.6. The monoisotopic (exact) mass is 771 g/mol. The molecule has 1 nitrogen and oxygen atoms in total. The second-order valence-corrected chi connectivity index (χ2v) is 17.2. The van der Waals surface area contributed by atoms with Crippen molar-refractivity contribution in [3.8, 4) is 55.6 Å². The van der Waals surface area contributed by atoms with E-state index in [1.54, 1.807) is 0 Å². The van der Waals surface area contributed by atoms with E-state index < -0.39 is 0 Å². The Kier molecular flexibility index (Phi) is 8.43. The van der Waals surface area contributed by atoms with Crippen LogP contribution in [-0.4, -0.2) is 0 Å². The molecule has 59 heavy (non-hydrogen) atoms. The lowest BCUT2D eigenvalue weighted by atomic mass is 9.81. The molecule has 0 fully saturated rings. The average molecular weight is 772 g/mol. The summed E-state index contributed by atoms with van der Waals surface area (Å²) in [5.74, 6) is 0. The van der Waals surface area contributed by atoms with Gasteiger partial charge in [0.15, 0.2) is 0 Å². The highest BCUT2D eigenvalue weighted by Gasteiger charge is 2.35. The van der Waals surface area contributed by atoms with E-state index in [0.717, 1.165) is 17.1 Å². The molecule has 0 amide bonds. The fourth-order valence-electron chi connectivity index (χ4n) is 9.22. The quantitative estimate of drug-likeness (QED) is 0.156. The standard InChI is InChI=1S/C57H41NS/c1-57(2)53-19-11-9-17-47(53)48-34-29-43(35-54(48)57)50-36-52-49-18-10-12-20-55(49)59-56(52)37-51(50)42-27-32-46(33-28-42)58(44-15-7-4-8-16-44)45-30-25-41(26-31-45)40-23-21-39(22-24-40)38-13-5-3-6-14-38/h3-37H,1-2H3. The van der Waals surface area contributed by atoms with E-state index in [1.165, 1.54) is 86.9 Å². The van der Waals surface area contributed by atoms with Gasteiger partial charge in [0.25, 0.3) is 0 Å². The minimum atomic E-state index is -0.0744. The Morgan fingerprint density at radius 2 is 0.814 bits per heavy atom. The molecule has 1 aliphatic rings. The van der Waals surface area contributed by atoms with Crippen LogP contribution in [0, 0.1) is 0 Å². The first-order valence-electron chi connectivity index (χ1n) is 20.4. The van der Waals surface area contributed by atoms with E-state index in [9.17, 15) is 0 Å². The van der Waals surface area contributed by atoms with Gasteiger partial charge in [0.05, 0.1) is 0 Å². The molecule has 1 heterocycles. The number of fused-ring (bicyclic) bond motifs is 6. The molecule has 10 aromatic rings. The molecule has 0 saturated carbocycles. The van der Waals surface area contributed by atoms with Crippen LogP contribution in [0.15, 0.2) is 212 Å². The molecule has 11 rings (SSSR count). The van der Waals surface area contributed by atoms with Gasteiger partial charge >= 0.3 is 0 Å². The van der Waals surface area contributed by atoms with E-state index in [0.29, 0.717) is 0 Å². The first-order valence-corrected chi connectivity index (χ1v) is 21.2. The number of anilines is 3. The number of thiophene rings is 1. The molecule has 0 radical (unpaired) electrons. The predicted molar refractivity (Wildman–Crippen MR) is 253 cm³/mol. The van der Waals surface area contributed by atoms with Gasteiger partial charge in [-0.3, -0.25) is 0 Å². The van der Waals surface area contributed by atoms with E-state index >= 15 is 0 Å². The van der Waals surface area contributed by atoms with Crippen LogP contribution in [-0.2, 0) is 5.41 Å². The average Bonchev–Trinajstić information content (AvgIpc) is 3.78. The maximum atomic E-state index is 2.46.